The van der Waals surface area contributed by atoms with Gasteiger partial charge in [-0.05, 0) is 10.8 Å². The first-order valence-corrected chi connectivity index (χ1v) is 4.41. The highest BCUT2D eigenvalue weighted by molar-refractivity contribution is 7.59. The third kappa shape index (κ3) is 6.01. The Hall–Kier alpha value is -0.730. The van der Waals surface area contributed by atoms with Gasteiger partial charge in [0, 0.05) is 0 Å². The van der Waals surface area contributed by atoms with Gasteiger partial charge in [0.2, 0.25) is 0 Å². The second-order valence-electron chi connectivity index (χ2n) is 1.95. The number of hydrogen-bond donors (Lipinski definition) is 0. The summed E-state index contributed by atoms with van der Waals surface area (Å²) in [5.74, 6) is 0. The minimum absolute atomic E-state index is 0. The molecular weight excluding hydrogens is 184 g/mol. The molecule has 2 heteroatoms. The van der Waals surface area contributed by atoms with E-state index in [1.54, 1.807) is 11.3 Å². The fourth-order valence-corrected chi connectivity index (χ4v) is 1.07. The predicted molar refractivity (Wildman–Crippen MR) is 61.1 cm³/mol. The van der Waals surface area contributed by atoms with Crippen LogP contribution >= 0.6 is 24.8 Å². The lowest BCUT2D eigenvalue weighted by Crippen LogP contribution is -1.47. The summed E-state index contributed by atoms with van der Waals surface area (Å²) in [5.41, 5.74) is 0. The van der Waals surface area contributed by atoms with Gasteiger partial charge in [0.05, 0.1) is 0 Å². The Morgan fingerprint density at radius 2 is 0.833 bits per heavy atom. The van der Waals surface area contributed by atoms with Crippen LogP contribution in [-0.2, 0) is 0 Å². The van der Waals surface area contributed by atoms with Gasteiger partial charge in [-0.1, -0.05) is 48.5 Å². The van der Waals surface area contributed by atoms with Crippen molar-refractivity contribution in [2.75, 3.05) is 0 Å². The molecule has 0 amide bonds. The van der Waals surface area contributed by atoms with Crippen LogP contribution < -0.4 is 0 Å². The monoisotopic (exact) mass is 196 g/mol. The maximum Gasteiger partial charge on any atom is -0.00934 e. The van der Waals surface area contributed by atoms with Crippen molar-refractivity contribution in [3.63, 3.8) is 0 Å². The Morgan fingerprint density at radius 1 is 0.500 bits per heavy atom. The average Bonchev–Trinajstić information content (AvgIpc) is 2.64. The van der Waals surface area contributed by atoms with Gasteiger partial charge in [0.25, 0.3) is 0 Å². The predicted octanol–water partition coefficient (Wildman–Crippen LogP) is 3.55. The first-order chi connectivity index (χ1) is 5.50. The average molecular weight is 196 g/mol. The van der Waals surface area contributed by atoms with E-state index in [-0.39, 0.29) is 13.5 Å². The van der Waals surface area contributed by atoms with Gasteiger partial charge in [0.15, 0.2) is 0 Å². The van der Waals surface area contributed by atoms with Crippen LogP contribution in [0.1, 0.15) is 0 Å². The van der Waals surface area contributed by atoms with E-state index < -0.39 is 0 Å². The third-order valence-electron chi connectivity index (χ3n) is 1.09. The van der Waals surface area contributed by atoms with Crippen LogP contribution in [0.2, 0.25) is 0 Å². The first kappa shape index (κ1) is 11.3. The molecule has 0 saturated heterocycles. The van der Waals surface area contributed by atoms with Crippen molar-refractivity contribution in [1.82, 2.24) is 0 Å². The molecule has 0 radical (unpaired) electrons. The Kier molecular flexibility index (Phi) is 7.86. The van der Waals surface area contributed by atoms with Crippen molar-refractivity contribution >= 4 is 24.8 Å². The highest BCUT2D eigenvalue weighted by Crippen LogP contribution is 1.91. The van der Waals surface area contributed by atoms with Crippen molar-refractivity contribution in [2.45, 2.75) is 0 Å². The number of benzene rings is 1. The zero-order valence-electron chi connectivity index (χ0n) is 6.68. The Morgan fingerprint density at radius 3 is 1.00 bits per heavy atom. The van der Waals surface area contributed by atoms with Crippen LogP contribution in [0.5, 0.6) is 0 Å². The Bertz CT molecular complexity index is 194. The molecule has 0 spiro atoms. The van der Waals surface area contributed by atoms with Crippen molar-refractivity contribution in [1.29, 1.82) is 0 Å². The highest BCUT2D eigenvalue weighted by atomic mass is 32.1. The van der Waals surface area contributed by atoms with Gasteiger partial charge in [0.1, 0.15) is 0 Å². The maximum atomic E-state index is 2.04. The lowest BCUT2D eigenvalue weighted by atomic mass is 10.4. The molecule has 0 aliphatic heterocycles. The van der Waals surface area contributed by atoms with Gasteiger partial charge < -0.3 is 0 Å². The van der Waals surface area contributed by atoms with E-state index >= 15 is 0 Å². The molecule has 0 nitrogen and oxygen atoms in total. The van der Waals surface area contributed by atoms with E-state index in [0.717, 1.165) is 0 Å². The summed E-state index contributed by atoms with van der Waals surface area (Å²) in [5, 5.41) is 4.08. The highest BCUT2D eigenvalue weighted by Gasteiger charge is 1.58. The molecule has 0 fully saturated rings. The minimum atomic E-state index is 0. The molecule has 1 aromatic heterocycles. The summed E-state index contributed by atoms with van der Waals surface area (Å²) in [6, 6.07) is 16.0. The first-order valence-electron chi connectivity index (χ1n) is 3.47. The van der Waals surface area contributed by atoms with E-state index in [1.807, 2.05) is 59.3 Å². The van der Waals surface area contributed by atoms with E-state index in [4.69, 9.17) is 0 Å². The lowest BCUT2D eigenvalue weighted by molar-refractivity contribution is 1.72. The van der Waals surface area contributed by atoms with Gasteiger partial charge in [-0.3, -0.25) is 0 Å². The normalized spacial score (nSPS) is 7.33. The molecular formula is C10H12S2. The van der Waals surface area contributed by atoms with Crippen LogP contribution in [-0.4, -0.2) is 0 Å². The summed E-state index contributed by atoms with van der Waals surface area (Å²) < 4.78 is 0. The minimum Gasteiger partial charge on any atom is -0.197 e. The Labute approximate surface area is 84.3 Å². The molecule has 2 rings (SSSR count). The number of thiophene rings is 1. The standard InChI is InChI=1S/C6H6.C4H4S.H2S/c1-2-4-6-5-3-1;1-2-4-5-3-1;/h1-6H;1-4H;1H2. The van der Waals surface area contributed by atoms with Crippen molar-refractivity contribution in [3.8, 4) is 0 Å². The Balaban J connectivity index is 0.000000189. The summed E-state index contributed by atoms with van der Waals surface area (Å²) >= 11 is 1.71. The molecule has 0 bridgehead atoms. The fourth-order valence-electron chi connectivity index (χ4n) is 0.612. The molecule has 0 atom stereocenters. The smallest absolute Gasteiger partial charge is 0.00934 e. The van der Waals surface area contributed by atoms with E-state index in [1.165, 1.54) is 0 Å². The second-order valence-corrected chi connectivity index (χ2v) is 2.76. The van der Waals surface area contributed by atoms with Crippen molar-refractivity contribution in [3.05, 3.63) is 59.3 Å². The topological polar surface area (TPSA) is 0 Å². The quantitative estimate of drug-likeness (QED) is 0.604. The number of rotatable bonds is 0. The van der Waals surface area contributed by atoms with Crippen LogP contribution in [0.4, 0.5) is 0 Å². The fraction of sp³-hybridized carbons (Fsp3) is 0. The lowest BCUT2D eigenvalue weighted by Gasteiger charge is -1.69. The summed E-state index contributed by atoms with van der Waals surface area (Å²) in [6.07, 6.45) is 0. The van der Waals surface area contributed by atoms with Crippen molar-refractivity contribution in [2.24, 2.45) is 0 Å². The van der Waals surface area contributed by atoms with Gasteiger partial charge in [-0.2, -0.15) is 24.8 Å². The van der Waals surface area contributed by atoms with E-state index in [2.05, 4.69) is 0 Å². The van der Waals surface area contributed by atoms with Gasteiger partial charge in [-0.15, -0.1) is 0 Å². The summed E-state index contributed by atoms with van der Waals surface area (Å²) in [4.78, 5) is 0. The molecule has 0 aliphatic rings. The SMILES string of the molecule is S.c1ccccc1.c1ccsc1. The molecule has 64 valence electrons. The summed E-state index contributed by atoms with van der Waals surface area (Å²) in [6.45, 7) is 0. The van der Waals surface area contributed by atoms with Gasteiger partial charge in [-0.25, -0.2) is 0 Å². The van der Waals surface area contributed by atoms with Crippen LogP contribution in [0, 0.1) is 0 Å². The van der Waals surface area contributed by atoms with E-state index in [0.29, 0.717) is 0 Å². The van der Waals surface area contributed by atoms with Crippen molar-refractivity contribution < 1.29 is 0 Å². The molecule has 1 heterocycles. The number of hydrogen-bond acceptors (Lipinski definition) is 1. The molecule has 12 heavy (non-hydrogen) atoms. The van der Waals surface area contributed by atoms with Crippen LogP contribution in [0.25, 0.3) is 0 Å². The third-order valence-corrected chi connectivity index (χ3v) is 1.72. The molecule has 0 aliphatic carbocycles. The maximum absolute atomic E-state index is 2.04. The zero-order valence-corrected chi connectivity index (χ0v) is 8.50. The van der Waals surface area contributed by atoms with Crippen LogP contribution in [0.3, 0.4) is 0 Å². The second kappa shape index (κ2) is 8.37. The van der Waals surface area contributed by atoms with Crippen LogP contribution in [0.15, 0.2) is 59.3 Å². The zero-order chi connectivity index (χ0) is 7.78. The summed E-state index contributed by atoms with van der Waals surface area (Å²) in [7, 11) is 0. The molecule has 0 saturated carbocycles. The van der Waals surface area contributed by atoms with Gasteiger partial charge >= 0.3 is 0 Å². The molecule has 2 aromatic rings. The largest absolute Gasteiger partial charge is 0.197 e. The molecule has 0 unspecified atom stereocenters. The molecule has 1 aromatic carbocycles. The van der Waals surface area contributed by atoms with E-state index in [9.17, 15) is 0 Å². The molecule has 0 N–H and O–H groups in total.